The summed E-state index contributed by atoms with van der Waals surface area (Å²) in [6, 6.07) is 0.549. The third-order valence-electron chi connectivity index (χ3n) is 2.73. The molecule has 1 aliphatic rings. The number of aromatic nitrogens is 2. The largest absolute Gasteiger partial charge is 0.336 e. The molecule has 1 unspecified atom stereocenters. The lowest BCUT2D eigenvalue weighted by Crippen LogP contribution is -2.42. The summed E-state index contributed by atoms with van der Waals surface area (Å²) in [7, 11) is 6.27. The van der Waals surface area contributed by atoms with Gasteiger partial charge in [0.05, 0.1) is 17.7 Å². The summed E-state index contributed by atoms with van der Waals surface area (Å²) in [6.07, 6.45) is 2.96. The number of nitrogens with zero attached hydrogens (tertiary/aromatic N) is 3. The third-order valence-corrected chi connectivity index (χ3v) is 2.73. The van der Waals surface area contributed by atoms with Gasteiger partial charge in [-0.2, -0.15) is 0 Å². The zero-order valence-corrected chi connectivity index (χ0v) is 9.12. The van der Waals surface area contributed by atoms with E-state index in [4.69, 9.17) is 0 Å². The minimum Gasteiger partial charge on any atom is -0.336 e. The molecule has 2 rings (SSSR count). The number of hydrogen-bond donors (Lipinski definition) is 1. The highest BCUT2D eigenvalue weighted by molar-refractivity contribution is 5.17. The second-order valence-corrected chi connectivity index (χ2v) is 4.29. The first-order valence-electron chi connectivity index (χ1n) is 5.04. The lowest BCUT2D eigenvalue weighted by Gasteiger charge is -2.26. The van der Waals surface area contributed by atoms with Crippen LogP contribution in [0.4, 0.5) is 0 Å². The molecular weight excluding hydrogens is 176 g/mol. The van der Waals surface area contributed by atoms with E-state index in [1.54, 1.807) is 0 Å². The van der Waals surface area contributed by atoms with Crippen molar-refractivity contribution in [2.45, 2.75) is 19.0 Å². The fraction of sp³-hybridized carbons (Fsp3) is 0.700. The summed E-state index contributed by atoms with van der Waals surface area (Å²) >= 11 is 0. The molecule has 1 aromatic heterocycles. The Balaban J connectivity index is 2.06. The van der Waals surface area contributed by atoms with Gasteiger partial charge in [-0.15, -0.1) is 0 Å². The molecule has 4 heteroatoms. The van der Waals surface area contributed by atoms with Crippen LogP contribution in [0.5, 0.6) is 0 Å². The van der Waals surface area contributed by atoms with E-state index >= 15 is 0 Å². The van der Waals surface area contributed by atoms with Gasteiger partial charge in [0.15, 0.2) is 0 Å². The van der Waals surface area contributed by atoms with Gasteiger partial charge in [0.1, 0.15) is 0 Å². The van der Waals surface area contributed by atoms with E-state index in [2.05, 4.69) is 40.9 Å². The van der Waals surface area contributed by atoms with Gasteiger partial charge in [-0.1, -0.05) is 0 Å². The van der Waals surface area contributed by atoms with Crippen molar-refractivity contribution in [1.82, 2.24) is 19.8 Å². The van der Waals surface area contributed by atoms with Crippen molar-refractivity contribution in [3.8, 4) is 0 Å². The van der Waals surface area contributed by atoms with Gasteiger partial charge in [0.25, 0.3) is 0 Å². The van der Waals surface area contributed by atoms with Crippen molar-refractivity contribution >= 4 is 0 Å². The lowest BCUT2D eigenvalue weighted by atomic mass is 10.1. The number of likely N-dealkylation sites (N-methyl/N-ethyl adjacent to an activating group) is 1. The van der Waals surface area contributed by atoms with Gasteiger partial charge in [0, 0.05) is 32.6 Å². The van der Waals surface area contributed by atoms with Gasteiger partial charge in [-0.05, 0) is 14.1 Å². The molecule has 1 aliphatic heterocycles. The van der Waals surface area contributed by atoms with E-state index in [0.29, 0.717) is 6.04 Å². The third kappa shape index (κ3) is 1.81. The molecule has 0 spiro atoms. The van der Waals surface area contributed by atoms with Gasteiger partial charge in [0.2, 0.25) is 0 Å². The molecule has 1 aromatic rings. The zero-order valence-electron chi connectivity index (χ0n) is 9.12. The number of hydrogen-bond acceptors (Lipinski definition) is 3. The summed E-state index contributed by atoms with van der Waals surface area (Å²) in [6.45, 7) is 2.03. The van der Waals surface area contributed by atoms with Crippen LogP contribution < -0.4 is 5.32 Å². The molecule has 0 saturated heterocycles. The topological polar surface area (TPSA) is 33.1 Å². The van der Waals surface area contributed by atoms with Crippen molar-refractivity contribution in [3.05, 3.63) is 17.7 Å². The summed E-state index contributed by atoms with van der Waals surface area (Å²) < 4.78 is 2.11. The SMILES string of the molecule is CN(C)CC1Cc2ncn(C)c2CN1. The molecule has 0 amide bonds. The fourth-order valence-electron chi connectivity index (χ4n) is 2.02. The fourth-order valence-corrected chi connectivity index (χ4v) is 2.02. The van der Waals surface area contributed by atoms with E-state index in [1.165, 1.54) is 11.4 Å². The van der Waals surface area contributed by atoms with E-state index < -0.39 is 0 Å². The molecule has 4 nitrogen and oxygen atoms in total. The van der Waals surface area contributed by atoms with E-state index in [1.807, 2.05) is 6.33 Å². The second kappa shape index (κ2) is 3.71. The molecule has 0 aromatic carbocycles. The predicted molar refractivity (Wildman–Crippen MR) is 56.1 cm³/mol. The Hall–Kier alpha value is -0.870. The van der Waals surface area contributed by atoms with Crippen LogP contribution in [0.25, 0.3) is 0 Å². The van der Waals surface area contributed by atoms with Crippen molar-refractivity contribution in [2.75, 3.05) is 20.6 Å². The maximum Gasteiger partial charge on any atom is 0.0949 e. The molecule has 2 heterocycles. The number of fused-ring (bicyclic) bond motifs is 1. The molecule has 0 radical (unpaired) electrons. The highest BCUT2D eigenvalue weighted by Crippen LogP contribution is 2.14. The normalized spacial score (nSPS) is 21.3. The van der Waals surface area contributed by atoms with Gasteiger partial charge >= 0.3 is 0 Å². The molecular formula is C10H18N4. The average Bonchev–Trinajstić information content (AvgIpc) is 2.46. The predicted octanol–water partition coefficient (Wildman–Crippen LogP) is -0.00400. The van der Waals surface area contributed by atoms with Crippen LogP contribution in [0.2, 0.25) is 0 Å². The van der Waals surface area contributed by atoms with E-state index in [0.717, 1.165) is 19.5 Å². The quantitative estimate of drug-likeness (QED) is 0.719. The summed E-state index contributed by atoms with van der Waals surface area (Å²) in [5.41, 5.74) is 2.60. The summed E-state index contributed by atoms with van der Waals surface area (Å²) in [4.78, 5) is 6.63. The Morgan fingerprint density at radius 1 is 1.64 bits per heavy atom. The first kappa shape index (κ1) is 9.68. The summed E-state index contributed by atoms with van der Waals surface area (Å²) in [5.74, 6) is 0. The van der Waals surface area contributed by atoms with Crippen LogP contribution >= 0.6 is 0 Å². The number of aryl methyl sites for hydroxylation is 1. The Morgan fingerprint density at radius 2 is 2.43 bits per heavy atom. The molecule has 78 valence electrons. The first-order chi connectivity index (χ1) is 6.66. The summed E-state index contributed by atoms with van der Waals surface area (Å²) in [5, 5.41) is 3.53. The molecule has 1 N–H and O–H groups in total. The highest BCUT2D eigenvalue weighted by atomic mass is 15.1. The Labute approximate surface area is 84.9 Å². The van der Waals surface area contributed by atoms with Crippen LogP contribution in [0.1, 0.15) is 11.4 Å². The molecule has 0 bridgehead atoms. The monoisotopic (exact) mass is 194 g/mol. The number of nitrogens with one attached hydrogen (secondary N) is 1. The minimum absolute atomic E-state index is 0.549. The minimum atomic E-state index is 0.549. The maximum absolute atomic E-state index is 4.42. The van der Waals surface area contributed by atoms with Crippen LogP contribution in [-0.4, -0.2) is 41.1 Å². The zero-order chi connectivity index (χ0) is 10.1. The van der Waals surface area contributed by atoms with Gasteiger partial charge < -0.3 is 14.8 Å². The standard InChI is InChI=1S/C10H18N4/c1-13(2)6-8-4-9-10(5-11-8)14(3)7-12-9/h7-8,11H,4-6H2,1-3H3. The molecule has 0 aliphatic carbocycles. The maximum atomic E-state index is 4.42. The highest BCUT2D eigenvalue weighted by Gasteiger charge is 2.21. The smallest absolute Gasteiger partial charge is 0.0949 e. The van der Waals surface area contributed by atoms with Crippen molar-refractivity contribution < 1.29 is 0 Å². The first-order valence-corrected chi connectivity index (χ1v) is 5.04. The Kier molecular flexibility index (Phi) is 2.56. The van der Waals surface area contributed by atoms with Gasteiger partial charge in [-0.25, -0.2) is 4.98 Å². The number of imidazole rings is 1. The molecule has 0 fully saturated rings. The average molecular weight is 194 g/mol. The lowest BCUT2D eigenvalue weighted by molar-refractivity contribution is 0.322. The van der Waals surface area contributed by atoms with E-state index in [-0.39, 0.29) is 0 Å². The molecule has 1 atom stereocenters. The second-order valence-electron chi connectivity index (χ2n) is 4.29. The Morgan fingerprint density at radius 3 is 3.14 bits per heavy atom. The van der Waals surface area contributed by atoms with Crippen molar-refractivity contribution in [1.29, 1.82) is 0 Å². The number of rotatable bonds is 2. The molecule has 0 saturated carbocycles. The molecule has 14 heavy (non-hydrogen) atoms. The van der Waals surface area contributed by atoms with Crippen LogP contribution in [-0.2, 0) is 20.0 Å². The van der Waals surface area contributed by atoms with E-state index in [9.17, 15) is 0 Å². The Bertz CT molecular complexity index is 316. The van der Waals surface area contributed by atoms with Crippen LogP contribution in [0.3, 0.4) is 0 Å². The van der Waals surface area contributed by atoms with Crippen LogP contribution in [0, 0.1) is 0 Å². The van der Waals surface area contributed by atoms with Crippen LogP contribution in [0.15, 0.2) is 6.33 Å². The van der Waals surface area contributed by atoms with Crippen molar-refractivity contribution in [3.63, 3.8) is 0 Å². The van der Waals surface area contributed by atoms with Crippen molar-refractivity contribution in [2.24, 2.45) is 7.05 Å². The van der Waals surface area contributed by atoms with Gasteiger partial charge in [-0.3, -0.25) is 0 Å².